The van der Waals surface area contributed by atoms with E-state index in [1.54, 1.807) is 6.20 Å². The van der Waals surface area contributed by atoms with Gasteiger partial charge < -0.3 is 10.7 Å². The molecular weight excluding hydrogens is 252 g/mol. The molecule has 96 valence electrons. The summed E-state index contributed by atoms with van der Waals surface area (Å²) in [6.45, 7) is 0. The molecule has 0 unspecified atom stereocenters. The molecular formula is C15H10N4O. The smallest absolute Gasteiger partial charge is 0.284 e. The van der Waals surface area contributed by atoms with Crippen LogP contribution >= 0.6 is 0 Å². The fourth-order valence-electron chi connectivity index (χ4n) is 2.54. The SMILES string of the molecule is NC(=O)c1nc2ncc3ccc4ccccc4c([nH]1)c32. The lowest BCUT2D eigenvalue weighted by Crippen LogP contribution is -2.15. The molecule has 5 heteroatoms. The van der Waals surface area contributed by atoms with Crippen LogP contribution in [0.25, 0.3) is 32.7 Å². The van der Waals surface area contributed by atoms with Crippen LogP contribution in [0.4, 0.5) is 0 Å². The van der Waals surface area contributed by atoms with Gasteiger partial charge in [-0.1, -0.05) is 36.4 Å². The summed E-state index contributed by atoms with van der Waals surface area (Å²) < 4.78 is 0. The van der Waals surface area contributed by atoms with E-state index in [2.05, 4.69) is 15.0 Å². The van der Waals surface area contributed by atoms with Crippen LogP contribution in [0.3, 0.4) is 0 Å². The summed E-state index contributed by atoms with van der Waals surface area (Å²) >= 11 is 0. The number of carbonyl (C=O) groups excluding carboxylic acids is 1. The number of aromatic amines is 1. The average molecular weight is 262 g/mol. The second kappa shape index (κ2) is 3.77. The van der Waals surface area contributed by atoms with Gasteiger partial charge in [-0.2, -0.15) is 0 Å². The Bertz CT molecular complexity index is 982. The van der Waals surface area contributed by atoms with E-state index in [4.69, 9.17) is 5.73 Å². The lowest BCUT2D eigenvalue weighted by molar-refractivity contribution is 0.0991. The molecule has 4 aromatic rings. The third kappa shape index (κ3) is 1.40. The zero-order valence-corrected chi connectivity index (χ0v) is 10.4. The van der Waals surface area contributed by atoms with Crippen molar-refractivity contribution < 1.29 is 4.79 Å². The summed E-state index contributed by atoms with van der Waals surface area (Å²) in [6, 6.07) is 12.0. The third-order valence-electron chi connectivity index (χ3n) is 3.46. The first-order valence-corrected chi connectivity index (χ1v) is 6.20. The van der Waals surface area contributed by atoms with E-state index in [1.165, 1.54) is 0 Å². The number of amides is 1. The Hall–Kier alpha value is -2.95. The monoisotopic (exact) mass is 262 g/mol. The molecule has 3 N–H and O–H groups in total. The molecule has 0 spiro atoms. The largest absolute Gasteiger partial charge is 0.363 e. The zero-order valence-electron chi connectivity index (χ0n) is 10.4. The summed E-state index contributed by atoms with van der Waals surface area (Å²) in [6.07, 6.45) is 1.75. The number of nitrogens with zero attached hydrogens (tertiary/aromatic N) is 2. The molecule has 4 rings (SSSR count). The Labute approximate surface area is 113 Å². The van der Waals surface area contributed by atoms with Crippen molar-refractivity contribution in [3.8, 4) is 0 Å². The topological polar surface area (TPSA) is 84.7 Å². The molecule has 0 saturated heterocycles. The van der Waals surface area contributed by atoms with Crippen molar-refractivity contribution in [1.82, 2.24) is 15.0 Å². The third-order valence-corrected chi connectivity index (χ3v) is 3.46. The number of nitrogens with one attached hydrogen (secondary N) is 1. The summed E-state index contributed by atoms with van der Waals surface area (Å²) in [5.41, 5.74) is 6.70. The first-order chi connectivity index (χ1) is 9.74. The van der Waals surface area contributed by atoms with Crippen molar-refractivity contribution in [2.24, 2.45) is 5.73 Å². The molecule has 1 amide bonds. The number of hydrogen-bond donors (Lipinski definition) is 2. The van der Waals surface area contributed by atoms with E-state index in [-0.39, 0.29) is 5.82 Å². The molecule has 0 aliphatic heterocycles. The molecule has 0 aliphatic carbocycles. The Morgan fingerprint density at radius 1 is 1.10 bits per heavy atom. The van der Waals surface area contributed by atoms with Gasteiger partial charge in [0.2, 0.25) is 0 Å². The van der Waals surface area contributed by atoms with Crippen LogP contribution in [-0.2, 0) is 0 Å². The molecule has 0 saturated carbocycles. The van der Waals surface area contributed by atoms with Crippen LogP contribution < -0.4 is 5.73 Å². The molecule has 20 heavy (non-hydrogen) atoms. The number of fused-ring (bicyclic) bond motifs is 2. The van der Waals surface area contributed by atoms with Gasteiger partial charge in [0.1, 0.15) is 0 Å². The van der Waals surface area contributed by atoms with Gasteiger partial charge in [0.05, 0.1) is 10.9 Å². The van der Waals surface area contributed by atoms with E-state index < -0.39 is 5.91 Å². The predicted molar refractivity (Wildman–Crippen MR) is 77.4 cm³/mol. The fraction of sp³-hybridized carbons (Fsp3) is 0. The summed E-state index contributed by atoms with van der Waals surface area (Å²) in [4.78, 5) is 22.9. The van der Waals surface area contributed by atoms with E-state index in [1.807, 2.05) is 36.4 Å². The van der Waals surface area contributed by atoms with Crippen LogP contribution in [0.15, 0.2) is 42.6 Å². The summed E-state index contributed by atoms with van der Waals surface area (Å²) in [7, 11) is 0. The van der Waals surface area contributed by atoms with Gasteiger partial charge in [-0.15, -0.1) is 0 Å². The standard InChI is InChI=1S/C15H10N4O/c16-13(20)15-18-12-10-4-2-1-3-8(10)5-6-9-7-17-14(19-15)11(9)12/h1-7H,(H2,16,20)(H,17,18,19). The Morgan fingerprint density at radius 2 is 1.90 bits per heavy atom. The first kappa shape index (κ1) is 10.9. The molecule has 2 heterocycles. The lowest BCUT2D eigenvalue weighted by atomic mass is 10.1. The molecule has 0 bridgehead atoms. The summed E-state index contributed by atoms with van der Waals surface area (Å²) in [5, 5.41) is 3.97. The molecule has 0 radical (unpaired) electrons. The van der Waals surface area contributed by atoms with Crippen molar-refractivity contribution >= 4 is 38.6 Å². The second-order valence-corrected chi connectivity index (χ2v) is 4.66. The maximum atomic E-state index is 11.4. The van der Waals surface area contributed by atoms with Crippen molar-refractivity contribution in [1.29, 1.82) is 0 Å². The molecule has 0 fully saturated rings. The van der Waals surface area contributed by atoms with Gasteiger partial charge in [-0.25, -0.2) is 9.97 Å². The first-order valence-electron chi connectivity index (χ1n) is 6.20. The van der Waals surface area contributed by atoms with Gasteiger partial charge in [0.25, 0.3) is 5.91 Å². The van der Waals surface area contributed by atoms with E-state index in [0.717, 1.165) is 27.1 Å². The van der Waals surface area contributed by atoms with E-state index >= 15 is 0 Å². The van der Waals surface area contributed by atoms with Crippen LogP contribution in [0.1, 0.15) is 10.6 Å². The van der Waals surface area contributed by atoms with Gasteiger partial charge >= 0.3 is 0 Å². The minimum absolute atomic E-state index is 0.119. The van der Waals surface area contributed by atoms with Crippen LogP contribution in [0, 0.1) is 0 Å². The Kier molecular flexibility index (Phi) is 2.06. The van der Waals surface area contributed by atoms with Gasteiger partial charge in [0.15, 0.2) is 11.5 Å². The van der Waals surface area contributed by atoms with Gasteiger partial charge in [0, 0.05) is 17.0 Å². The maximum Gasteiger partial charge on any atom is 0.284 e. The Balaban J connectivity index is 2.36. The fourth-order valence-corrected chi connectivity index (χ4v) is 2.54. The van der Waals surface area contributed by atoms with Crippen molar-refractivity contribution in [2.75, 3.05) is 0 Å². The highest BCUT2D eigenvalue weighted by Crippen LogP contribution is 2.28. The molecule has 5 nitrogen and oxygen atoms in total. The lowest BCUT2D eigenvalue weighted by Gasteiger charge is -2.01. The molecule has 2 aromatic carbocycles. The number of nitrogens with two attached hydrogens (primary N) is 1. The highest BCUT2D eigenvalue weighted by atomic mass is 16.1. The van der Waals surface area contributed by atoms with E-state index in [9.17, 15) is 4.79 Å². The Morgan fingerprint density at radius 3 is 2.75 bits per heavy atom. The number of aromatic nitrogens is 3. The number of H-pyrrole nitrogens is 1. The minimum Gasteiger partial charge on any atom is -0.363 e. The number of primary amides is 1. The number of benzene rings is 1. The van der Waals surface area contributed by atoms with Crippen molar-refractivity contribution in [2.45, 2.75) is 0 Å². The van der Waals surface area contributed by atoms with Crippen LogP contribution in [-0.4, -0.2) is 20.9 Å². The molecule has 2 aromatic heterocycles. The quantitative estimate of drug-likeness (QED) is 0.552. The predicted octanol–water partition coefficient (Wildman–Crippen LogP) is 2.36. The summed E-state index contributed by atoms with van der Waals surface area (Å²) in [5.74, 6) is -0.476. The van der Waals surface area contributed by atoms with Crippen molar-refractivity contribution in [3.63, 3.8) is 0 Å². The second-order valence-electron chi connectivity index (χ2n) is 4.66. The highest BCUT2D eigenvalue weighted by Gasteiger charge is 2.12. The average Bonchev–Trinajstić information content (AvgIpc) is 2.79. The normalized spacial score (nSPS) is 11.4. The highest BCUT2D eigenvalue weighted by molar-refractivity contribution is 6.16. The molecule has 0 aliphatic rings. The van der Waals surface area contributed by atoms with Gasteiger partial charge in [-0.05, 0) is 5.39 Å². The maximum absolute atomic E-state index is 11.4. The number of carbonyl (C=O) groups is 1. The van der Waals surface area contributed by atoms with Gasteiger partial charge in [-0.3, -0.25) is 4.79 Å². The number of hydrogen-bond acceptors (Lipinski definition) is 3. The minimum atomic E-state index is -0.595. The van der Waals surface area contributed by atoms with E-state index in [0.29, 0.717) is 5.65 Å². The zero-order chi connectivity index (χ0) is 13.7. The van der Waals surface area contributed by atoms with Crippen molar-refractivity contribution in [3.05, 3.63) is 48.4 Å². The van der Waals surface area contributed by atoms with Crippen LogP contribution in [0.5, 0.6) is 0 Å². The van der Waals surface area contributed by atoms with Crippen LogP contribution in [0.2, 0.25) is 0 Å². The number of rotatable bonds is 1. The molecule has 0 atom stereocenters.